The van der Waals surface area contributed by atoms with Gasteiger partial charge in [-0.1, -0.05) is 6.92 Å². The fourth-order valence-electron chi connectivity index (χ4n) is 1.50. The van der Waals surface area contributed by atoms with Crippen molar-refractivity contribution in [1.82, 2.24) is 4.98 Å². The molecule has 0 aliphatic heterocycles. The maximum Gasteiger partial charge on any atom is 0.123 e. The van der Waals surface area contributed by atoms with Crippen LogP contribution in [-0.2, 0) is 0 Å². The standard InChI is InChI=1S/C13H16N2OS/c1-9(7-14)12-8-17-13(15-12)10-3-5-11(16-2)6-4-10/h3-6,8-9H,7,14H2,1-2H3. The van der Waals surface area contributed by atoms with E-state index in [4.69, 9.17) is 10.5 Å². The van der Waals surface area contributed by atoms with Crippen LogP contribution in [0.2, 0.25) is 0 Å². The van der Waals surface area contributed by atoms with Gasteiger partial charge in [0.1, 0.15) is 10.8 Å². The lowest BCUT2D eigenvalue weighted by Crippen LogP contribution is -2.08. The highest BCUT2D eigenvalue weighted by atomic mass is 32.1. The minimum absolute atomic E-state index is 0.318. The van der Waals surface area contributed by atoms with Crippen LogP contribution in [-0.4, -0.2) is 18.6 Å². The third-order valence-electron chi connectivity index (χ3n) is 2.72. The van der Waals surface area contributed by atoms with E-state index < -0.39 is 0 Å². The van der Waals surface area contributed by atoms with Gasteiger partial charge >= 0.3 is 0 Å². The maximum absolute atomic E-state index is 5.64. The quantitative estimate of drug-likeness (QED) is 0.905. The van der Waals surface area contributed by atoms with E-state index in [1.807, 2.05) is 24.3 Å². The first-order valence-electron chi connectivity index (χ1n) is 5.54. The molecule has 2 aromatic rings. The Morgan fingerprint density at radius 2 is 2.06 bits per heavy atom. The van der Waals surface area contributed by atoms with Gasteiger partial charge in [0.25, 0.3) is 0 Å². The fraction of sp³-hybridized carbons (Fsp3) is 0.308. The molecule has 0 bridgehead atoms. The molecule has 0 aliphatic carbocycles. The summed E-state index contributed by atoms with van der Waals surface area (Å²) in [6.45, 7) is 2.72. The van der Waals surface area contributed by atoms with Gasteiger partial charge in [-0.15, -0.1) is 11.3 Å². The summed E-state index contributed by atoms with van der Waals surface area (Å²) in [7, 11) is 1.67. The lowest BCUT2D eigenvalue weighted by atomic mass is 10.1. The Hall–Kier alpha value is -1.39. The SMILES string of the molecule is COc1ccc(-c2nc(C(C)CN)cs2)cc1. The second-order valence-electron chi connectivity index (χ2n) is 3.94. The van der Waals surface area contributed by atoms with Crippen LogP contribution in [0.25, 0.3) is 10.6 Å². The molecule has 1 aromatic carbocycles. The number of methoxy groups -OCH3 is 1. The van der Waals surface area contributed by atoms with E-state index in [0.29, 0.717) is 12.5 Å². The molecule has 3 nitrogen and oxygen atoms in total. The molecule has 1 unspecified atom stereocenters. The topological polar surface area (TPSA) is 48.1 Å². The highest BCUT2D eigenvalue weighted by Gasteiger charge is 2.09. The van der Waals surface area contributed by atoms with Crippen molar-refractivity contribution >= 4 is 11.3 Å². The van der Waals surface area contributed by atoms with E-state index in [1.165, 1.54) is 0 Å². The molecule has 2 rings (SSSR count). The Balaban J connectivity index is 2.24. The summed E-state index contributed by atoms with van der Waals surface area (Å²) in [5.41, 5.74) is 7.83. The van der Waals surface area contributed by atoms with Gasteiger partial charge in [-0.25, -0.2) is 4.98 Å². The number of nitrogens with two attached hydrogens (primary N) is 1. The summed E-state index contributed by atoms with van der Waals surface area (Å²) in [5, 5.41) is 3.11. The Kier molecular flexibility index (Phi) is 3.76. The van der Waals surface area contributed by atoms with Crippen molar-refractivity contribution in [2.24, 2.45) is 5.73 Å². The molecule has 4 heteroatoms. The molecule has 0 aliphatic rings. The van der Waals surface area contributed by atoms with Crippen LogP contribution in [0.4, 0.5) is 0 Å². The molecule has 0 amide bonds. The Morgan fingerprint density at radius 1 is 1.35 bits per heavy atom. The van der Waals surface area contributed by atoms with Crippen molar-refractivity contribution in [3.8, 4) is 16.3 Å². The summed E-state index contributed by atoms with van der Waals surface area (Å²) in [4.78, 5) is 4.60. The zero-order valence-electron chi connectivity index (χ0n) is 10.0. The van der Waals surface area contributed by atoms with Crippen molar-refractivity contribution in [2.75, 3.05) is 13.7 Å². The van der Waals surface area contributed by atoms with E-state index in [9.17, 15) is 0 Å². The van der Waals surface area contributed by atoms with Crippen LogP contribution in [0.15, 0.2) is 29.6 Å². The molecule has 0 saturated carbocycles. The van der Waals surface area contributed by atoms with Gasteiger partial charge in [0.15, 0.2) is 0 Å². The Morgan fingerprint density at radius 3 is 2.65 bits per heavy atom. The smallest absolute Gasteiger partial charge is 0.123 e. The van der Waals surface area contributed by atoms with E-state index in [0.717, 1.165) is 22.0 Å². The van der Waals surface area contributed by atoms with Crippen LogP contribution < -0.4 is 10.5 Å². The third kappa shape index (κ3) is 2.65. The van der Waals surface area contributed by atoms with E-state index in [2.05, 4.69) is 17.3 Å². The molecule has 0 saturated heterocycles. The predicted molar refractivity (Wildman–Crippen MR) is 71.6 cm³/mol. The third-order valence-corrected chi connectivity index (χ3v) is 3.63. The van der Waals surface area contributed by atoms with Gasteiger partial charge in [-0.2, -0.15) is 0 Å². The average molecular weight is 248 g/mol. The number of thiazole rings is 1. The zero-order valence-corrected chi connectivity index (χ0v) is 10.8. The van der Waals surface area contributed by atoms with Gasteiger partial charge in [0.05, 0.1) is 12.8 Å². The second-order valence-corrected chi connectivity index (χ2v) is 4.80. The predicted octanol–water partition coefficient (Wildman–Crippen LogP) is 2.88. The number of hydrogen-bond donors (Lipinski definition) is 1. The summed E-state index contributed by atoms with van der Waals surface area (Å²) in [5.74, 6) is 1.18. The largest absolute Gasteiger partial charge is 0.497 e. The minimum Gasteiger partial charge on any atom is -0.497 e. The van der Waals surface area contributed by atoms with E-state index in [-0.39, 0.29) is 0 Å². The first-order chi connectivity index (χ1) is 8.24. The molecule has 2 N–H and O–H groups in total. The molecule has 90 valence electrons. The van der Waals surface area contributed by atoms with Gasteiger partial charge in [0, 0.05) is 23.4 Å². The highest BCUT2D eigenvalue weighted by Crippen LogP contribution is 2.27. The van der Waals surface area contributed by atoms with Crippen LogP contribution in [0, 0.1) is 0 Å². The minimum atomic E-state index is 0.318. The van der Waals surface area contributed by atoms with Crippen molar-refractivity contribution < 1.29 is 4.74 Å². The molecule has 0 spiro atoms. The molecular weight excluding hydrogens is 232 g/mol. The fourth-order valence-corrected chi connectivity index (χ4v) is 2.45. The maximum atomic E-state index is 5.64. The zero-order chi connectivity index (χ0) is 12.3. The van der Waals surface area contributed by atoms with Gasteiger partial charge in [-0.3, -0.25) is 0 Å². The summed E-state index contributed by atoms with van der Waals surface area (Å²) >= 11 is 1.65. The van der Waals surface area contributed by atoms with Crippen molar-refractivity contribution in [2.45, 2.75) is 12.8 Å². The Labute approximate surface area is 105 Å². The number of hydrogen-bond acceptors (Lipinski definition) is 4. The summed E-state index contributed by atoms with van der Waals surface area (Å²) < 4.78 is 5.13. The number of nitrogens with zero attached hydrogens (tertiary/aromatic N) is 1. The van der Waals surface area contributed by atoms with E-state index in [1.54, 1.807) is 18.4 Å². The van der Waals surface area contributed by atoms with Crippen LogP contribution in [0.1, 0.15) is 18.5 Å². The van der Waals surface area contributed by atoms with Crippen molar-refractivity contribution in [1.29, 1.82) is 0 Å². The van der Waals surface area contributed by atoms with Crippen LogP contribution in [0.5, 0.6) is 5.75 Å². The molecular formula is C13H16N2OS. The number of ether oxygens (including phenoxy) is 1. The molecule has 1 atom stereocenters. The first kappa shape index (κ1) is 12.1. The molecule has 0 fully saturated rings. The van der Waals surface area contributed by atoms with Gasteiger partial charge < -0.3 is 10.5 Å². The second kappa shape index (κ2) is 5.29. The molecule has 1 aromatic heterocycles. The number of aromatic nitrogens is 1. The van der Waals surface area contributed by atoms with Crippen molar-refractivity contribution in [3.63, 3.8) is 0 Å². The summed E-state index contributed by atoms with van der Waals surface area (Å²) in [6, 6.07) is 7.94. The number of rotatable bonds is 4. The van der Waals surface area contributed by atoms with Gasteiger partial charge in [0.2, 0.25) is 0 Å². The lowest BCUT2D eigenvalue weighted by molar-refractivity contribution is 0.415. The highest BCUT2D eigenvalue weighted by molar-refractivity contribution is 7.13. The molecule has 17 heavy (non-hydrogen) atoms. The monoisotopic (exact) mass is 248 g/mol. The first-order valence-corrected chi connectivity index (χ1v) is 6.42. The Bertz CT molecular complexity index is 478. The molecule has 1 heterocycles. The van der Waals surface area contributed by atoms with Gasteiger partial charge in [-0.05, 0) is 24.3 Å². The van der Waals surface area contributed by atoms with Crippen LogP contribution in [0.3, 0.4) is 0 Å². The normalized spacial score (nSPS) is 12.4. The van der Waals surface area contributed by atoms with E-state index >= 15 is 0 Å². The lowest BCUT2D eigenvalue weighted by Gasteiger charge is -2.03. The average Bonchev–Trinajstić information content (AvgIpc) is 2.87. The molecule has 0 radical (unpaired) electrons. The summed E-state index contributed by atoms with van der Waals surface area (Å²) in [6.07, 6.45) is 0. The van der Waals surface area contributed by atoms with Crippen LogP contribution >= 0.6 is 11.3 Å². The number of benzene rings is 1. The van der Waals surface area contributed by atoms with Crippen molar-refractivity contribution in [3.05, 3.63) is 35.3 Å².